The number of benzene rings is 1. The fraction of sp³-hybridized carbons (Fsp3) is 0.500. The molecule has 0 bridgehead atoms. The minimum atomic E-state index is 0.934. The third-order valence-electron chi connectivity index (χ3n) is 3.89. The molecule has 1 heterocycles. The molecule has 3 rings (SSSR count). The molecule has 1 aromatic carbocycles. The fourth-order valence-electron chi connectivity index (χ4n) is 2.70. The molecule has 1 saturated carbocycles. The molecule has 0 amide bonds. The molecule has 96 valence electrons. The molecule has 0 aliphatic heterocycles. The molecule has 1 aliphatic carbocycles. The number of nitrogens with one attached hydrogen (secondary N) is 1. The molecule has 1 N–H and O–H groups in total. The SMILES string of the molecule is CNCCCc1cc2ccccc2n1CC1CC1. The monoisotopic (exact) mass is 242 g/mol. The summed E-state index contributed by atoms with van der Waals surface area (Å²) in [7, 11) is 2.03. The summed E-state index contributed by atoms with van der Waals surface area (Å²) in [6.07, 6.45) is 5.24. The lowest BCUT2D eigenvalue weighted by Crippen LogP contribution is -2.10. The van der Waals surface area contributed by atoms with E-state index in [9.17, 15) is 0 Å². The van der Waals surface area contributed by atoms with Crippen LogP contribution >= 0.6 is 0 Å². The van der Waals surface area contributed by atoms with Gasteiger partial charge < -0.3 is 9.88 Å². The Bertz CT molecular complexity index is 523. The van der Waals surface area contributed by atoms with Crippen molar-refractivity contribution >= 4 is 10.9 Å². The van der Waals surface area contributed by atoms with Gasteiger partial charge in [-0.25, -0.2) is 0 Å². The number of aromatic nitrogens is 1. The van der Waals surface area contributed by atoms with Crippen LogP contribution < -0.4 is 5.32 Å². The number of rotatable bonds is 6. The highest BCUT2D eigenvalue weighted by Gasteiger charge is 2.23. The molecule has 2 aromatic rings. The summed E-state index contributed by atoms with van der Waals surface area (Å²) in [6.45, 7) is 2.33. The smallest absolute Gasteiger partial charge is 0.0482 e. The number of hydrogen-bond donors (Lipinski definition) is 1. The Morgan fingerprint density at radius 3 is 2.89 bits per heavy atom. The zero-order valence-corrected chi connectivity index (χ0v) is 11.2. The van der Waals surface area contributed by atoms with Crippen LogP contribution in [0.25, 0.3) is 10.9 Å². The topological polar surface area (TPSA) is 17.0 Å². The summed E-state index contributed by atoms with van der Waals surface area (Å²) in [5.74, 6) is 0.934. The number of nitrogens with zero attached hydrogens (tertiary/aromatic N) is 1. The summed E-state index contributed by atoms with van der Waals surface area (Å²) >= 11 is 0. The van der Waals surface area contributed by atoms with Crippen molar-refractivity contribution < 1.29 is 0 Å². The third-order valence-corrected chi connectivity index (χ3v) is 3.89. The Kier molecular flexibility index (Phi) is 3.37. The van der Waals surface area contributed by atoms with E-state index in [-0.39, 0.29) is 0 Å². The van der Waals surface area contributed by atoms with Gasteiger partial charge in [-0.1, -0.05) is 18.2 Å². The van der Waals surface area contributed by atoms with E-state index >= 15 is 0 Å². The van der Waals surface area contributed by atoms with Crippen LogP contribution in [0.5, 0.6) is 0 Å². The van der Waals surface area contributed by atoms with Crippen LogP contribution in [-0.4, -0.2) is 18.2 Å². The summed E-state index contributed by atoms with van der Waals surface area (Å²) < 4.78 is 2.56. The van der Waals surface area contributed by atoms with Gasteiger partial charge in [0.2, 0.25) is 0 Å². The van der Waals surface area contributed by atoms with Crippen LogP contribution in [0.4, 0.5) is 0 Å². The molecule has 0 saturated heterocycles. The molecule has 2 nitrogen and oxygen atoms in total. The predicted octanol–water partition coefficient (Wildman–Crippen LogP) is 3.20. The van der Waals surface area contributed by atoms with Gasteiger partial charge in [0.1, 0.15) is 0 Å². The van der Waals surface area contributed by atoms with Crippen LogP contribution in [0.2, 0.25) is 0 Å². The van der Waals surface area contributed by atoms with Crippen molar-refractivity contribution in [3.8, 4) is 0 Å². The van der Waals surface area contributed by atoms with Crippen molar-refractivity contribution in [2.45, 2.75) is 32.2 Å². The lowest BCUT2D eigenvalue weighted by Gasteiger charge is -2.10. The molecular formula is C16H22N2. The Hall–Kier alpha value is -1.28. The molecule has 2 heteroatoms. The second-order valence-corrected chi connectivity index (χ2v) is 5.46. The molecule has 1 fully saturated rings. The third kappa shape index (κ3) is 2.44. The average molecular weight is 242 g/mol. The van der Waals surface area contributed by atoms with Gasteiger partial charge in [0.05, 0.1) is 0 Å². The molecular weight excluding hydrogens is 220 g/mol. The van der Waals surface area contributed by atoms with Gasteiger partial charge in [-0.2, -0.15) is 0 Å². The van der Waals surface area contributed by atoms with Crippen molar-refractivity contribution in [3.63, 3.8) is 0 Å². The molecule has 0 unspecified atom stereocenters. The molecule has 0 spiro atoms. The van der Waals surface area contributed by atoms with Gasteiger partial charge in [0.25, 0.3) is 0 Å². The van der Waals surface area contributed by atoms with Gasteiger partial charge in [0, 0.05) is 17.8 Å². The predicted molar refractivity (Wildman–Crippen MR) is 76.9 cm³/mol. The number of fused-ring (bicyclic) bond motifs is 1. The highest BCUT2D eigenvalue weighted by atomic mass is 15.0. The molecule has 1 aliphatic rings. The van der Waals surface area contributed by atoms with Crippen LogP contribution in [0, 0.1) is 5.92 Å². The number of para-hydroxylation sites is 1. The molecule has 18 heavy (non-hydrogen) atoms. The van der Waals surface area contributed by atoms with Crippen LogP contribution in [0.3, 0.4) is 0 Å². The van der Waals surface area contributed by atoms with Gasteiger partial charge >= 0.3 is 0 Å². The quantitative estimate of drug-likeness (QED) is 0.770. The maximum absolute atomic E-state index is 3.24. The van der Waals surface area contributed by atoms with Crippen molar-refractivity contribution in [2.75, 3.05) is 13.6 Å². The average Bonchev–Trinajstić information content (AvgIpc) is 3.14. The van der Waals surface area contributed by atoms with Crippen molar-refractivity contribution in [1.82, 2.24) is 9.88 Å². The largest absolute Gasteiger partial charge is 0.344 e. The first-order valence-electron chi connectivity index (χ1n) is 7.10. The van der Waals surface area contributed by atoms with Crippen LogP contribution in [0.1, 0.15) is 25.0 Å². The molecule has 0 radical (unpaired) electrons. The highest BCUT2D eigenvalue weighted by molar-refractivity contribution is 5.81. The van der Waals surface area contributed by atoms with Crippen molar-refractivity contribution in [2.24, 2.45) is 5.92 Å². The van der Waals surface area contributed by atoms with Gasteiger partial charge in [0.15, 0.2) is 0 Å². The van der Waals surface area contributed by atoms with E-state index in [1.165, 1.54) is 48.8 Å². The Balaban J connectivity index is 1.89. The van der Waals surface area contributed by atoms with Crippen molar-refractivity contribution in [3.05, 3.63) is 36.0 Å². The van der Waals surface area contributed by atoms with Crippen molar-refractivity contribution in [1.29, 1.82) is 0 Å². The zero-order valence-electron chi connectivity index (χ0n) is 11.2. The first-order chi connectivity index (χ1) is 8.88. The minimum Gasteiger partial charge on any atom is -0.344 e. The van der Waals surface area contributed by atoms with E-state index in [1.807, 2.05) is 7.05 Å². The van der Waals surface area contributed by atoms with Gasteiger partial charge in [-0.3, -0.25) is 0 Å². The lowest BCUT2D eigenvalue weighted by atomic mass is 10.2. The van der Waals surface area contributed by atoms with Crippen LogP contribution in [0.15, 0.2) is 30.3 Å². The van der Waals surface area contributed by atoms with E-state index in [0.717, 1.165) is 12.5 Å². The fourth-order valence-corrected chi connectivity index (χ4v) is 2.70. The van der Waals surface area contributed by atoms with E-state index < -0.39 is 0 Å². The molecule has 0 atom stereocenters. The van der Waals surface area contributed by atoms with Gasteiger partial charge in [-0.05, 0) is 62.7 Å². The van der Waals surface area contributed by atoms with Gasteiger partial charge in [-0.15, -0.1) is 0 Å². The standard InChI is InChI=1S/C16H22N2/c1-17-10-4-6-15-11-14-5-2-3-7-16(14)18(15)12-13-8-9-13/h2-3,5,7,11,13,17H,4,6,8-10,12H2,1H3. The number of aryl methyl sites for hydroxylation is 1. The summed E-state index contributed by atoms with van der Waals surface area (Å²) in [4.78, 5) is 0. The first kappa shape index (κ1) is 11.8. The van der Waals surface area contributed by atoms with E-state index in [1.54, 1.807) is 0 Å². The Morgan fingerprint density at radius 1 is 1.28 bits per heavy atom. The summed E-state index contributed by atoms with van der Waals surface area (Å²) in [5, 5.41) is 4.64. The highest BCUT2D eigenvalue weighted by Crippen LogP contribution is 2.33. The summed E-state index contributed by atoms with van der Waals surface area (Å²) in [6, 6.07) is 11.2. The number of hydrogen-bond acceptors (Lipinski definition) is 1. The maximum Gasteiger partial charge on any atom is 0.0482 e. The van der Waals surface area contributed by atoms with Crippen LogP contribution in [-0.2, 0) is 13.0 Å². The van der Waals surface area contributed by atoms with E-state index in [0.29, 0.717) is 0 Å². The Morgan fingerprint density at radius 2 is 2.11 bits per heavy atom. The normalized spacial score (nSPS) is 15.4. The lowest BCUT2D eigenvalue weighted by molar-refractivity contribution is 0.605. The van der Waals surface area contributed by atoms with E-state index in [2.05, 4.69) is 40.2 Å². The molecule has 1 aromatic heterocycles. The van der Waals surface area contributed by atoms with E-state index in [4.69, 9.17) is 0 Å². The maximum atomic E-state index is 3.24. The Labute approximate surface area is 109 Å². The second kappa shape index (κ2) is 5.15. The first-order valence-corrected chi connectivity index (χ1v) is 7.10. The minimum absolute atomic E-state index is 0.934. The second-order valence-electron chi connectivity index (χ2n) is 5.46. The zero-order chi connectivity index (χ0) is 12.4. The summed E-state index contributed by atoms with van der Waals surface area (Å²) in [5.41, 5.74) is 2.93.